The largest absolute Gasteiger partial charge is 0.377 e. The number of allylic oxidation sites excluding steroid dienone is 2. The van der Waals surface area contributed by atoms with E-state index < -0.39 is 0 Å². The minimum atomic E-state index is 0.189. The Morgan fingerprint density at radius 3 is 2.70 bits per heavy atom. The molecular formula is C20H19Cl2N. The average molecular weight is 344 g/mol. The van der Waals surface area contributed by atoms with Crippen LogP contribution in [0.2, 0.25) is 10.0 Å². The Kier molecular flexibility index (Phi) is 3.66. The van der Waals surface area contributed by atoms with Gasteiger partial charge in [0.05, 0.1) is 16.1 Å². The molecule has 118 valence electrons. The molecule has 0 unspecified atom stereocenters. The lowest BCUT2D eigenvalue weighted by atomic mass is 9.76. The smallest absolute Gasteiger partial charge is 0.0645 e. The van der Waals surface area contributed by atoms with Crippen LogP contribution in [-0.4, -0.2) is 0 Å². The Balaban J connectivity index is 1.87. The van der Waals surface area contributed by atoms with Gasteiger partial charge in [-0.1, -0.05) is 59.6 Å². The second-order valence-electron chi connectivity index (χ2n) is 6.59. The summed E-state index contributed by atoms with van der Waals surface area (Å²) < 4.78 is 0. The van der Waals surface area contributed by atoms with Gasteiger partial charge in [0.1, 0.15) is 0 Å². The molecule has 0 saturated heterocycles. The highest BCUT2D eigenvalue weighted by atomic mass is 35.5. The van der Waals surface area contributed by atoms with Crippen LogP contribution in [-0.2, 0) is 0 Å². The summed E-state index contributed by atoms with van der Waals surface area (Å²) in [6.07, 6.45) is 5.72. The fourth-order valence-electron chi connectivity index (χ4n) is 3.99. The van der Waals surface area contributed by atoms with Crippen molar-refractivity contribution in [3.63, 3.8) is 0 Å². The Bertz CT molecular complexity index is 810. The second kappa shape index (κ2) is 5.58. The van der Waals surface area contributed by atoms with Crippen molar-refractivity contribution in [2.24, 2.45) is 5.92 Å². The summed E-state index contributed by atoms with van der Waals surface area (Å²) in [6.45, 7) is 4.35. The molecule has 2 aromatic carbocycles. The van der Waals surface area contributed by atoms with Crippen LogP contribution >= 0.6 is 23.2 Å². The van der Waals surface area contributed by atoms with E-state index in [1.807, 2.05) is 12.1 Å². The van der Waals surface area contributed by atoms with Gasteiger partial charge in [0, 0.05) is 11.6 Å². The van der Waals surface area contributed by atoms with Crippen molar-refractivity contribution in [1.29, 1.82) is 0 Å². The van der Waals surface area contributed by atoms with E-state index in [1.165, 1.54) is 22.4 Å². The minimum absolute atomic E-state index is 0.189. The lowest BCUT2D eigenvalue weighted by Crippen LogP contribution is -2.30. The van der Waals surface area contributed by atoms with Gasteiger partial charge < -0.3 is 5.32 Å². The number of halogens is 2. The van der Waals surface area contributed by atoms with Crippen LogP contribution in [0.25, 0.3) is 0 Å². The Morgan fingerprint density at radius 1 is 1.04 bits per heavy atom. The number of hydrogen-bond donors (Lipinski definition) is 1. The zero-order chi connectivity index (χ0) is 16.1. The maximum absolute atomic E-state index is 6.52. The third-order valence-electron chi connectivity index (χ3n) is 5.38. The molecule has 2 aliphatic rings. The van der Waals surface area contributed by atoms with E-state index >= 15 is 0 Å². The molecular weight excluding hydrogens is 325 g/mol. The van der Waals surface area contributed by atoms with Crippen molar-refractivity contribution in [2.45, 2.75) is 32.2 Å². The van der Waals surface area contributed by atoms with Gasteiger partial charge in [0.15, 0.2) is 0 Å². The molecule has 0 radical (unpaired) electrons. The Labute approximate surface area is 147 Å². The Hall–Kier alpha value is -1.44. The number of rotatable bonds is 1. The third-order valence-corrected chi connectivity index (χ3v) is 6.22. The molecule has 0 spiro atoms. The van der Waals surface area contributed by atoms with Crippen molar-refractivity contribution in [1.82, 2.24) is 0 Å². The number of hydrogen-bond acceptors (Lipinski definition) is 1. The summed E-state index contributed by atoms with van der Waals surface area (Å²) in [5, 5.41) is 5.08. The highest BCUT2D eigenvalue weighted by Crippen LogP contribution is 2.52. The molecule has 3 heteroatoms. The first-order chi connectivity index (χ1) is 11.1. The molecule has 4 rings (SSSR count). The maximum atomic E-state index is 6.52. The fraction of sp³-hybridized carbons (Fsp3) is 0.300. The molecule has 0 amide bonds. The van der Waals surface area contributed by atoms with Gasteiger partial charge >= 0.3 is 0 Å². The van der Waals surface area contributed by atoms with Crippen LogP contribution in [0, 0.1) is 19.8 Å². The van der Waals surface area contributed by atoms with Crippen molar-refractivity contribution in [3.05, 3.63) is 74.8 Å². The number of benzene rings is 2. The van der Waals surface area contributed by atoms with E-state index in [0.717, 1.165) is 12.0 Å². The van der Waals surface area contributed by atoms with E-state index in [4.69, 9.17) is 23.2 Å². The first kappa shape index (κ1) is 15.1. The van der Waals surface area contributed by atoms with Gasteiger partial charge in [-0.3, -0.25) is 0 Å². The monoisotopic (exact) mass is 343 g/mol. The van der Waals surface area contributed by atoms with Gasteiger partial charge in [-0.05, 0) is 54.5 Å². The lowest BCUT2D eigenvalue weighted by Gasteiger charge is -2.39. The van der Waals surface area contributed by atoms with E-state index in [2.05, 4.69) is 49.5 Å². The van der Waals surface area contributed by atoms with Crippen LogP contribution < -0.4 is 5.32 Å². The van der Waals surface area contributed by atoms with E-state index in [0.29, 0.717) is 21.9 Å². The summed E-state index contributed by atoms with van der Waals surface area (Å²) in [6, 6.07) is 10.6. The van der Waals surface area contributed by atoms with E-state index in [-0.39, 0.29) is 6.04 Å². The minimum Gasteiger partial charge on any atom is -0.377 e. The molecule has 1 nitrogen and oxygen atoms in total. The molecule has 23 heavy (non-hydrogen) atoms. The van der Waals surface area contributed by atoms with Crippen LogP contribution in [0.3, 0.4) is 0 Å². The maximum Gasteiger partial charge on any atom is 0.0645 e. The molecule has 0 fully saturated rings. The molecule has 1 heterocycles. The van der Waals surface area contributed by atoms with Gasteiger partial charge in [-0.15, -0.1) is 0 Å². The SMILES string of the molecule is Cc1ccc2c(c1C)N[C@H](c1cccc(Cl)c1Cl)[C@@H]1CC=C[C@@H]21. The molecule has 3 atom stereocenters. The Morgan fingerprint density at radius 2 is 1.87 bits per heavy atom. The van der Waals surface area contributed by atoms with Gasteiger partial charge in [0.2, 0.25) is 0 Å². The topological polar surface area (TPSA) is 12.0 Å². The summed E-state index contributed by atoms with van der Waals surface area (Å²) in [5.41, 5.74) is 6.40. The van der Waals surface area contributed by atoms with Crippen molar-refractivity contribution >= 4 is 28.9 Å². The standard InChI is InChI=1S/C20H19Cl2N/c1-11-9-10-15-13-5-3-6-14(13)20(23-19(15)12(11)2)16-7-4-8-17(21)18(16)22/h3-5,7-10,13-14,20,23H,6H2,1-2H3/t13-,14-,20+/m1/s1. The molecule has 1 aliphatic heterocycles. The lowest BCUT2D eigenvalue weighted by molar-refractivity contribution is 0.425. The predicted molar refractivity (Wildman–Crippen MR) is 98.7 cm³/mol. The first-order valence-electron chi connectivity index (χ1n) is 8.05. The average Bonchev–Trinajstić information content (AvgIpc) is 3.03. The summed E-state index contributed by atoms with van der Waals surface area (Å²) in [7, 11) is 0. The van der Waals surface area contributed by atoms with Gasteiger partial charge in [0.25, 0.3) is 0 Å². The highest BCUT2D eigenvalue weighted by molar-refractivity contribution is 6.42. The van der Waals surface area contributed by atoms with Crippen LogP contribution in [0.5, 0.6) is 0 Å². The second-order valence-corrected chi connectivity index (χ2v) is 7.38. The predicted octanol–water partition coefficient (Wildman–Crippen LogP) is 6.44. The number of fused-ring (bicyclic) bond motifs is 3. The van der Waals surface area contributed by atoms with Crippen LogP contribution in [0.1, 0.15) is 40.6 Å². The number of anilines is 1. The third kappa shape index (κ3) is 2.29. The summed E-state index contributed by atoms with van der Waals surface area (Å²) >= 11 is 12.8. The summed E-state index contributed by atoms with van der Waals surface area (Å²) in [5.74, 6) is 0.936. The molecule has 0 saturated carbocycles. The zero-order valence-electron chi connectivity index (χ0n) is 13.2. The van der Waals surface area contributed by atoms with Crippen molar-refractivity contribution < 1.29 is 0 Å². The molecule has 0 bridgehead atoms. The van der Waals surface area contributed by atoms with Crippen LogP contribution in [0.15, 0.2) is 42.5 Å². The van der Waals surface area contributed by atoms with E-state index in [1.54, 1.807) is 0 Å². The number of nitrogens with one attached hydrogen (secondary N) is 1. The molecule has 0 aromatic heterocycles. The molecule has 2 aromatic rings. The normalized spacial score (nSPS) is 25.0. The fourth-order valence-corrected chi connectivity index (χ4v) is 4.41. The highest BCUT2D eigenvalue weighted by Gasteiger charge is 2.39. The van der Waals surface area contributed by atoms with Crippen molar-refractivity contribution in [3.8, 4) is 0 Å². The van der Waals surface area contributed by atoms with E-state index in [9.17, 15) is 0 Å². The summed E-state index contributed by atoms with van der Waals surface area (Å²) in [4.78, 5) is 0. The number of aryl methyl sites for hydroxylation is 1. The zero-order valence-corrected chi connectivity index (χ0v) is 14.7. The molecule has 1 aliphatic carbocycles. The first-order valence-corrected chi connectivity index (χ1v) is 8.80. The van der Waals surface area contributed by atoms with Crippen molar-refractivity contribution in [2.75, 3.05) is 5.32 Å². The van der Waals surface area contributed by atoms with Crippen LogP contribution in [0.4, 0.5) is 5.69 Å². The molecule has 1 N–H and O–H groups in total. The van der Waals surface area contributed by atoms with Gasteiger partial charge in [-0.2, -0.15) is 0 Å². The quantitative estimate of drug-likeness (QED) is 0.587. The van der Waals surface area contributed by atoms with Gasteiger partial charge in [-0.25, -0.2) is 0 Å².